The number of pyridine rings is 1. The average molecular weight is 325 g/mol. The number of carbonyl (C=O) groups is 1. The van der Waals surface area contributed by atoms with Crippen molar-refractivity contribution in [3.05, 3.63) is 60.4 Å². The van der Waals surface area contributed by atoms with Crippen LogP contribution in [0.1, 0.15) is 5.56 Å². The lowest BCUT2D eigenvalue weighted by Crippen LogP contribution is -2.13. The zero-order valence-electron chi connectivity index (χ0n) is 12.3. The lowest BCUT2D eigenvalue weighted by atomic mass is 10.1. The molecule has 0 unspecified atom stereocenters. The number of nitrogens with zero attached hydrogens (tertiary/aromatic N) is 4. The van der Waals surface area contributed by atoms with E-state index in [1.807, 2.05) is 36.4 Å². The first-order chi connectivity index (χ1) is 11.2. The fraction of sp³-hybridized carbons (Fsp3) is 0.125. The number of carbonyl (C=O) groups excluding carboxylic acids is 1. The molecular weight excluding hydrogens is 310 g/mol. The van der Waals surface area contributed by atoms with Crippen molar-refractivity contribution in [2.45, 2.75) is 11.6 Å². The summed E-state index contributed by atoms with van der Waals surface area (Å²) in [4.78, 5) is 16.1. The molecule has 2 aromatic heterocycles. The summed E-state index contributed by atoms with van der Waals surface area (Å²) < 4.78 is 1.39. The Morgan fingerprint density at radius 3 is 2.70 bits per heavy atom. The van der Waals surface area contributed by atoms with Crippen LogP contribution in [0.3, 0.4) is 0 Å². The fourth-order valence-electron chi connectivity index (χ4n) is 2.09. The molecule has 0 spiro atoms. The van der Waals surface area contributed by atoms with Crippen LogP contribution < -0.4 is 5.84 Å². The number of ketones is 1. The standard InChI is InChI=1S/C16H15N5OS/c17-21-15(13-7-4-8-18-10-13)19-20-16(21)23-11-14(22)9-12-5-2-1-3-6-12/h1-8,10H,9,11,17H2. The molecule has 2 N–H and O–H groups in total. The van der Waals surface area contributed by atoms with Crippen molar-refractivity contribution in [1.29, 1.82) is 0 Å². The summed E-state index contributed by atoms with van der Waals surface area (Å²) in [5.41, 5.74) is 1.79. The van der Waals surface area contributed by atoms with Gasteiger partial charge in [0.05, 0.1) is 5.75 Å². The van der Waals surface area contributed by atoms with Gasteiger partial charge in [-0.3, -0.25) is 9.78 Å². The largest absolute Gasteiger partial charge is 0.335 e. The zero-order valence-corrected chi connectivity index (χ0v) is 13.1. The van der Waals surface area contributed by atoms with Crippen LogP contribution in [0, 0.1) is 0 Å². The Bertz CT molecular complexity index is 789. The Morgan fingerprint density at radius 2 is 1.96 bits per heavy atom. The van der Waals surface area contributed by atoms with Gasteiger partial charge in [-0.2, -0.15) is 0 Å². The van der Waals surface area contributed by atoms with Crippen molar-refractivity contribution in [2.75, 3.05) is 11.6 Å². The third-order valence-electron chi connectivity index (χ3n) is 3.19. The maximum absolute atomic E-state index is 12.0. The molecule has 0 saturated heterocycles. The van der Waals surface area contributed by atoms with Gasteiger partial charge in [-0.15, -0.1) is 10.2 Å². The Kier molecular flexibility index (Phi) is 4.68. The summed E-state index contributed by atoms with van der Waals surface area (Å²) in [7, 11) is 0. The second-order valence-electron chi connectivity index (χ2n) is 4.91. The van der Waals surface area contributed by atoms with Gasteiger partial charge >= 0.3 is 0 Å². The SMILES string of the molecule is Nn1c(SCC(=O)Cc2ccccc2)nnc1-c1cccnc1. The predicted octanol–water partition coefficient (Wildman–Crippen LogP) is 1.96. The highest BCUT2D eigenvalue weighted by Gasteiger charge is 2.14. The van der Waals surface area contributed by atoms with Crippen LogP contribution in [-0.2, 0) is 11.2 Å². The molecule has 2 heterocycles. The van der Waals surface area contributed by atoms with E-state index in [1.54, 1.807) is 18.5 Å². The van der Waals surface area contributed by atoms with Gasteiger partial charge in [-0.05, 0) is 17.7 Å². The van der Waals surface area contributed by atoms with Crippen molar-refractivity contribution in [3.63, 3.8) is 0 Å². The van der Waals surface area contributed by atoms with Gasteiger partial charge in [0.2, 0.25) is 5.16 Å². The van der Waals surface area contributed by atoms with E-state index in [0.717, 1.165) is 11.1 Å². The third kappa shape index (κ3) is 3.75. The van der Waals surface area contributed by atoms with Crippen LogP contribution in [0.2, 0.25) is 0 Å². The summed E-state index contributed by atoms with van der Waals surface area (Å²) in [6.45, 7) is 0. The molecule has 6 nitrogen and oxygen atoms in total. The number of hydrogen-bond donors (Lipinski definition) is 1. The van der Waals surface area contributed by atoms with E-state index in [0.29, 0.717) is 23.2 Å². The van der Waals surface area contributed by atoms with E-state index < -0.39 is 0 Å². The Hall–Kier alpha value is -2.67. The average Bonchev–Trinajstić information content (AvgIpc) is 2.95. The van der Waals surface area contributed by atoms with Gasteiger partial charge in [0.1, 0.15) is 5.78 Å². The lowest BCUT2D eigenvalue weighted by Gasteiger charge is -2.03. The minimum atomic E-state index is 0.118. The molecule has 3 aromatic rings. The highest BCUT2D eigenvalue weighted by Crippen LogP contribution is 2.21. The van der Waals surface area contributed by atoms with Crippen molar-refractivity contribution in [2.24, 2.45) is 0 Å². The number of benzene rings is 1. The van der Waals surface area contributed by atoms with Crippen LogP contribution in [0.5, 0.6) is 0 Å². The van der Waals surface area contributed by atoms with Gasteiger partial charge in [-0.25, -0.2) is 4.68 Å². The summed E-state index contributed by atoms with van der Waals surface area (Å²) >= 11 is 1.28. The van der Waals surface area contributed by atoms with Gasteiger partial charge < -0.3 is 5.84 Å². The zero-order chi connectivity index (χ0) is 16.1. The number of aromatic nitrogens is 4. The molecular formula is C16H15N5OS. The molecule has 0 saturated carbocycles. The molecule has 23 heavy (non-hydrogen) atoms. The lowest BCUT2D eigenvalue weighted by molar-refractivity contribution is -0.116. The van der Waals surface area contributed by atoms with E-state index in [2.05, 4.69) is 15.2 Å². The van der Waals surface area contributed by atoms with Crippen LogP contribution >= 0.6 is 11.8 Å². The van der Waals surface area contributed by atoms with Crippen molar-refractivity contribution in [1.82, 2.24) is 19.9 Å². The molecule has 116 valence electrons. The summed E-state index contributed by atoms with van der Waals surface area (Å²) in [5, 5.41) is 8.61. The summed E-state index contributed by atoms with van der Waals surface area (Å²) in [5.74, 6) is 6.95. The third-order valence-corrected chi connectivity index (χ3v) is 4.19. The number of thioether (sulfide) groups is 1. The molecule has 0 aliphatic carbocycles. The van der Waals surface area contributed by atoms with Gasteiger partial charge in [0.25, 0.3) is 0 Å². The number of nitrogens with two attached hydrogens (primary N) is 1. The molecule has 0 bridgehead atoms. The molecule has 0 fully saturated rings. The molecule has 7 heteroatoms. The Labute approximate surface area is 137 Å². The number of nitrogen functional groups attached to an aromatic ring is 1. The van der Waals surface area contributed by atoms with E-state index in [-0.39, 0.29) is 5.78 Å². The molecule has 0 aliphatic heterocycles. The molecule has 3 rings (SSSR count). The van der Waals surface area contributed by atoms with Crippen molar-refractivity contribution < 1.29 is 4.79 Å². The molecule has 0 radical (unpaired) electrons. The maximum Gasteiger partial charge on any atom is 0.210 e. The second kappa shape index (κ2) is 7.06. The van der Waals surface area contributed by atoms with Crippen LogP contribution in [0.4, 0.5) is 0 Å². The first-order valence-electron chi connectivity index (χ1n) is 7.03. The second-order valence-corrected chi connectivity index (χ2v) is 5.85. The van der Waals surface area contributed by atoms with Gasteiger partial charge in [0.15, 0.2) is 5.82 Å². The van der Waals surface area contributed by atoms with Crippen LogP contribution in [0.15, 0.2) is 60.0 Å². The normalized spacial score (nSPS) is 10.6. The Balaban J connectivity index is 1.63. The van der Waals surface area contributed by atoms with Crippen molar-refractivity contribution in [3.8, 4) is 11.4 Å². The minimum absolute atomic E-state index is 0.118. The first-order valence-corrected chi connectivity index (χ1v) is 8.02. The predicted molar refractivity (Wildman–Crippen MR) is 89.3 cm³/mol. The maximum atomic E-state index is 12.0. The smallest absolute Gasteiger partial charge is 0.210 e. The van der Waals surface area contributed by atoms with Crippen LogP contribution in [-0.4, -0.2) is 31.4 Å². The van der Waals surface area contributed by atoms with Crippen LogP contribution in [0.25, 0.3) is 11.4 Å². The van der Waals surface area contributed by atoms with E-state index >= 15 is 0 Å². The van der Waals surface area contributed by atoms with Crippen molar-refractivity contribution >= 4 is 17.5 Å². The van der Waals surface area contributed by atoms with E-state index in [9.17, 15) is 4.79 Å². The quantitative estimate of drug-likeness (QED) is 0.551. The summed E-state index contributed by atoms with van der Waals surface area (Å²) in [6.07, 6.45) is 3.75. The fourth-order valence-corrected chi connectivity index (χ4v) is 2.80. The monoisotopic (exact) mass is 325 g/mol. The van der Waals surface area contributed by atoms with Gasteiger partial charge in [0, 0.05) is 24.4 Å². The minimum Gasteiger partial charge on any atom is -0.335 e. The number of hydrogen-bond acceptors (Lipinski definition) is 6. The highest BCUT2D eigenvalue weighted by molar-refractivity contribution is 7.99. The summed E-state index contributed by atoms with van der Waals surface area (Å²) in [6, 6.07) is 13.3. The Morgan fingerprint density at radius 1 is 1.13 bits per heavy atom. The van der Waals surface area contributed by atoms with E-state index in [1.165, 1.54) is 16.4 Å². The first kappa shape index (κ1) is 15.2. The topological polar surface area (TPSA) is 86.7 Å². The molecule has 0 atom stereocenters. The van der Waals surface area contributed by atoms with E-state index in [4.69, 9.17) is 5.84 Å². The molecule has 0 amide bonds. The molecule has 0 aliphatic rings. The van der Waals surface area contributed by atoms with Gasteiger partial charge in [-0.1, -0.05) is 42.1 Å². The number of rotatable bonds is 6. The molecule has 1 aromatic carbocycles. The highest BCUT2D eigenvalue weighted by atomic mass is 32.2. The number of Topliss-reactive ketones (excluding diaryl/α,β-unsaturated/α-hetero) is 1.